The minimum Gasteiger partial charge on any atom is -0.464 e. The molecule has 0 aliphatic carbocycles. The maximum atomic E-state index is 12.3. The van der Waals surface area contributed by atoms with Crippen molar-refractivity contribution in [2.24, 2.45) is 0 Å². The molecule has 7 nitrogen and oxygen atoms in total. The lowest BCUT2D eigenvalue weighted by Crippen LogP contribution is -2.11. The second-order valence-electron chi connectivity index (χ2n) is 6.37. The van der Waals surface area contributed by atoms with Crippen molar-refractivity contribution in [3.05, 3.63) is 71.8 Å². The number of ether oxygens (including phenoxy) is 1. The monoisotopic (exact) mass is 371 g/mol. The van der Waals surface area contributed by atoms with Gasteiger partial charge in [0.25, 0.3) is 0 Å². The van der Waals surface area contributed by atoms with E-state index < -0.39 is 5.97 Å². The lowest BCUT2D eigenvalue weighted by atomic mass is 10.1. The fraction of sp³-hybridized carbons (Fsp3) is 0.0952. The average Bonchev–Trinajstić information content (AvgIpc) is 3.28. The molecule has 0 bridgehead atoms. The third kappa shape index (κ3) is 2.68. The van der Waals surface area contributed by atoms with E-state index >= 15 is 0 Å². The van der Waals surface area contributed by atoms with Gasteiger partial charge in [0.2, 0.25) is 0 Å². The van der Waals surface area contributed by atoms with Crippen molar-refractivity contribution < 1.29 is 9.53 Å². The van der Waals surface area contributed by atoms with Crippen molar-refractivity contribution in [2.45, 2.75) is 6.92 Å². The first-order valence-corrected chi connectivity index (χ1v) is 8.58. The number of nitrogens with two attached hydrogens (primary N) is 1. The Morgan fingerprint density at radius 1 is 1.25 bits per heavy atom. The zero-order valence-electron chi connectivity index (χ0n) is 15.4. The molecule has 0 atom stereocenters. The largest absolute Gasteiger partial charge is 0.464 e. The van der Waals surface area contributed by atoms with E-state index in [1.54, 1.807) is 10.8 Å². The molecule has 4 aromatic rings. The number of benzene rings is 1. The maximum Gasteiger partial charge on any atom is 0.357 e. The molecular formula is C21H17N5O2. The molecule has 0 saturated heterocycles. The zero-order valence-corrected chi connectivity index (χ0v) is 15.4. The van der Waals surface area contributed by atoms with Gasteiger partial charge >= 0.3 is 5.97 Å². The SMILES string of the molecule is COC(=O)c1c(N)c(C#N)cn1-c1cc(-c2cn3ccccc3n2)ccc1C. The molecule has 1 aromatic carbocycles. The van der Waals surface area contributed by atoms with Gasteiger partial charge in [-0.25, -0.2) is 9.78 Å². The van der Waals surface area contributed by atoms with E-state index in [0.29, 0.717) is 0 Å². The van der Waals surface area contributed by atoms with E-state index in [1.807, 2.05) is 66.2 Å². The van der Waals surface area contributed by atoms with Gasteiger partial charge in [-0.05, 0) is 30.7 Å². The number of aromatic nitrogens is 3. The number of carbonyl (C=O) groups excluding carboxylic acids is 1. The van der Waals surface area contributed by atoms with Crippen LogP contribution in [-0.4, -0.2) is 27.0 Å². The molecule has 0 spiro atoms. The van der Waals surface area contributed by atoms with E-state index in [9.17, 15) is 10.1 Å². The quantitative estimate of drug-likeness (QED) is 0.557. The summed E-state index contributed by atoms with van der Waals surface area (Å²) < 4.78 is 8.41. The van der Waals surface area contributed by atoms with Gasteiger partial charge in [0.15, 0.2) is 5.69 Å². The van der Waals surface area contributed by atoms with E-state index in [4.69, 9.17) is 10.5 Å². The Hall–Kier alpha value is -4.05. The van der Waals surface area contributed by atoms with Gasteiger partial charge in [0.05, 0.1) is 24.1 Å². The van der Waals surface area contributed by atoms with Crippen LogP contribution in [0.4, 0.5) is 5.69 Å². The standard InChI is InChI=1S/C21H17N5O2/c1-13-6-7-14(16-12-25-8-4-3-5-18(25)24-16)9-17(13)26-11-15(10-22)19(23)20(26)21(27)28-2/h3-9,11-12H,23H2,1-2H3. The Kier molecular flexibility index (Phi) is 4.09. The van der Waals surface area contributed by atoms with Crippen LogP contribution in [0.2, 0.25) is 0 Å². The third-order valence-corrected chi connectivity index (χ3v) is 4.67. The molecule has 0 aliphatic rings. The normalized spacial score (nSPS) is 10.8. The smallest absolute Gasteiger partial charge is 0.357 e. The van der Waals surface area contributed by atoms with E-state index in [-0.39, 0.29) is 16.9 Å². The van der Waals surface area contributed by atoms with Crippen LogP contribution >= 0.6 is 0 Å². The number of aryl methyl sites for hydroxylation is 1. The predicted molar refractivity (Wildman–Crippen MR) is 105 cm³/mol. The minimum atomic E-state index is -0.600. The van der Waals surface area contributed by atoms with Crippen LogP contribution in [0.25, 0.3) is 22.6 Å². The molecule has 0 amide bonds. The molecule has 0 unspecified atom stereocenters. The van der Waals surface area contributed by atoms with Crippen molar-refractivity contribution in [1.82, 2.24) is 14.0 Å². The number of hydrogen-bond acceptors (Lipinski definition) is 5. The van der Waals surface area contributed by atoms with Crippen LogP contribution in [0.5, 0.6) is 0 Å². The van der Waals surface area contributed by atoms with Crippen LogP contribution < -0.4 is 5.73 Å². The third-order valence-electron chi connectivity index (χ3n) is 4.67. The first kappa shape index (κ1) is 17.4. The van der Waals surface area contributed by atoms with Gasteiger partial charge in [0, 0.05) is 29.8 Å². The van der Waals surface area contributed by atoms with Crippen LogP contribution in [0.15, 0.2) is 55.0 Å². The first-order chi connectivity index (χ1) is 13.5. The van der Waals surface area contributed by atoms with Gasteiger partial charge in [-0.1, -0.05) is 18.2 Å². The molecule has 0 aliphatic heterocycles. The zero-order chi connectivity index (χ0) is 19.8. The second kappa shape index (κ2) is 6.59. The molecule has 0 fully saturated rings. The molecule has 0 saturated carbocycles. The lowest BCUT2D eigenvalue weighted by molar-refractivity contribution is 0.0593. The number of nitrogens with zero attached hydrogens (tertiary/aromatic N) is 4. The van der Waals surface area contributed by atoms with Gasteiger partial charge in [-0.2, -0.15) is 5.26 Å². The number of hydrogen-bond donors (Lipinski definition) is 1. The molecule has 3 heterocycles. The van der Waals surface area contributed by atoms with E-state index in [0.717, 1.165) is 28.2 Å². The summed E-state index contributed by atoms with van der Waals surface area (Å²) in [5.74, 6) is -0.600. The summed E-state index contributed by atoms with van der Waals surface area (Å²) in [6.45, 7) is 1.92. The first-order valence-electron chi connectivity index (χ1n) is 8.58. The molecule has 2 N–H and O–H groups in total. The van der Waals surface area contributed by atoms with Crippen molar-refractivity contribution >= 4 is 17.3 Å². The highest BCUT2D eigenvalue weighted by Gasteiger charge is 2.22. The van der Waals surface area contributed by atoms with Crippen LogP contribution in [-0.2, 0) is 4.74 Å². The molecule has 138 valence electrons. The van der Waals surface area contributed by atoms with Gasteiger partial charge in [-0.3, -0.25) is 0 Å². The Balaban J connectivity index is 1.91. The summed E-state index contributed by atoms with van der Waals surface area (Å²) in [7, 11) is 1.28. The fourth-order valence-electron chi connectivity index (χ4n) is 3.21. The Morgan fingerprint density at radius 2 is 2.07 bits per heavy atom. The Labute approximate surface area is 161 Å². The Bertz CT molecular complexity index is 1230. The highest BCUT2D eigenvalue weighted by Crippen LogP contribution is 2.29. The Morgan fingerprint density at radius 3 is 2.79 bits per heavy atom. The van der Waals surface area contributed by atoms with Gasteiger partial charge < -0.3 is 19.4 Å². The van der Waals surface area contributed by atoms with Crippen molar-refractivity contribution in [1.29, 1.82) is 5.26 Å². The summed E-state index contributed by atoms with van der Waals surface area (Å²) in [4.78, 5) is 16.9. The number of carbonyl (C=O) groups is 1. The maximum absolute atomic E-state index is 12.3. The second-order valence-corrected chi connectivity index (χ2v) is 6.37. The highest BCUT2D eigenvalue weighted by atomic mass is 16.5. The molecular weight excluding hydrogens is 354 g/mol. The summed E-state index contributed by atoms with van der Waals surface area (Å²) in [5.41, 5.74) is 10.6. The molecule has 28 heavy (non-hydrogen) atoms. The number of nitriles is 1. The number of imidazole rings is 1. The molecule has 0 radical (unpaired) electrons. The number of pyridine rings is 1. The fourth-order valence-corrected chi connectivity index (χ4v) is 3.21. The number of fused-ring (bicyclic) bond motifs is 1. The van der Waals surface area contributed by atoms with Crippen LogP contribution in [0, 0.1) is 18.3 Å². The molecule has 4 rings (SSSR count). The number of methoxy groups -OCH3 is 1. The number of anilines is 1. The topological polar surface area (TPSA) is 98.3 Å². The number of esters is 1. The summed E-state index contributed by atoms with van der Waals surface area (Å²) in [5, 5.41) is 9.33. The predicted octanol–water partition coefficient (Wildman–Crippen LogP) is 3.34. The highest BCUT2D eigenvalue weighted by molar-refractivity contribution is 5.96. The minimum absolute atomic E-state index is 0.104. The summed E-state index contributed by atoms with van der Waals surface area (Å²) in [6.07, 6.45) is 5.43. The lowest BCUT2D eigenvalue weighted by Gasteiger charge is -2.12. The van der Waals surface area contributed by atoms with Crippen molar-refractivity contribution in [3.8, 4) is 23.0 Å². The average molecular weight is 371 g/mol. The molecule has 3 aromatic heterocycles. The summed E-state index contributed by atoms with van der Waals surface area (Å²) >= 11 is 0. The van der Waals surface area contributed by atoms with Gasteiger partial charge in [0.1, 0.15) is 11.7 Å². The summed E-state index contributed by atoms with van der Waals surface area (Å²) in [6, 6.07) is 13.7. The van der Waals surface area contributed by atoms with Crippen LogP contribution in [0.3, 0.4) is 0 Å². The number of rotatable bonds is 3. The van der Waals surface area contributed by atoms with Crippen molar-refractivity contribution in [2.75, 3.05) is 12.8 Å². The van der Waals surface area contributed by atoms with Crippen LogP contribution in [0.1, 0.15) is 21.6 Å². The molecule has 7 heteroatoms. The van der Waals surface area contributed by atoms with E-state index in [2.05, 4.69) is 4.98 Å². The number of nitrogen functional groups attached to an aromatic ring is 1. The van der Waals surface area contributed by atoms with E-state index in [1.165, 1.54) is 7.11 Å². The van der Waals surface area contributed by atoms with Gasteiger partial charge in [-0.15, -0.1) is 0 Å². The van der Waals surface area contributed by atoms with Crippen molar-refractivity contribution in [3.63, 3.8) is 0 Å².